The molecule has 0 spiro atoms. The summed E-state index contributed by atoms with van der Waals surface area (Å²) in [5, 5.41) is 6.80. The smallest absolute Gasteiger partial charge is 0.338 e. The fourth-order valence-corrected chi connectivity index (χ4v) is 3.02. The van der Waals surface area contributed by atoms with Crippen molar-refractivity contribution >= 4 is 29.0 Å². The third-order valence-electron chi connectivity index (χ3n) is 4.05. The summed E-state index contributed by atoms with van der Waals surface area (Å²) in [7, 11) is 0. The maximum absolute atomic E-state index is 11.9. The number of ether oxygens (including phenoxy) is 3. The molecule has 0 aliphatic carbocycles. The molecule has 0 saturated carbocycles. The first-order valence-electron chi connectivity index (χ1n) is 9.72. The summed E-state index contributed by atoms with van der Waals surface area (Å²) in [6.45, 7) is 9.13. The van der Waals surface area contributed by atoms with Crippen LogP contribution in [0.15, 0.2) is 42.5 Å². The predicted molar refractivity (Wildman–Crippen MR) is 119 cm³/mol. The lowest BCUT2D eigenvalue weighted by Crippen LogP contribution is -2.31. The molecule has 2 rings (SSSR count). The van der Waals surface area contributed by atoms with Gasteiger partial charge in [0.05, 0.1) is 31.4 Å². The van der Waals surface area contributed by atoms with Gasteiger partial charge >= 0.3 is 5.97 Å². The van der Waals surface area contributed by atoms with E-state index in [1.807, 2.05) is 45.0 Å². The van der Waals surface area contributed by atoms with Gasteiger partial charge in [-0.1, -0.05) is 12.1 Å². The third-order valence-corrected chi connectivity index (χ3v) is 4.27. The minimum absolute atomic E-state index is 0.0573. The molecule has 0 aromatic heterocycles. The third kappa shape index (κ3) is 6.64. The van der Waals surface area contributed by atoms with Gasteiger partial charge in [0, 0.05) is 5.69 Å². The van der Waals surface area contributed by atoms with Crippen molar-refractivity contribution in [3.63, 3.8) is 0 Å². The molecule has 0 bridgehead atoms. The van der Waals surface area contributed by atoms with Crippen molar-refractivity contribution in [1.29, 1.82) is 0 Å². The van der Waals surface area contributed by atoms with E-state index in [1.54, 1.807) is 25.1 Å². The molecule has 29 heavy (non-hydrogen) atoms. The second-order valence-electron chi connectivity index (χ2n) is 6.19. The van der Waals surface area contributed by atoms with E-state index in [4.69, 9.17) is 26.4 Å². The number of rotatable bonds is 9. The molecule has 2 aromatic rings. The Morgan fingerprint density at radius 1 is 1.00 bits per heavy atom. The predicted octanol–water partition coefficient (Wildman–Crippen LogP) is 4.71. The molecule has 0 amide bonds. The molecule has 2 aromatic carbocycles. The molecule has 0 radical (unpaired) electrons. The second kappa shape index (κ2) is 11.3. The van der Waals surface area contributed by atoms with Crippen LogP contribution in [-0.4, -0.2) is 30.9 Å². The zero-order valence-corrected chi connectivity index (χ0v) is 18.1. The summed E-state index contributed by atoms with van der Waals surface area (Å²) in [5.74, 6) is 1.07. The van der Waals surface area contributed by atoms with Gasteiger partial charge in [-0.3, -0.25) is 0 Å². The molecule has 156 valence electrons. The molecule has 0 aliphatic rings. The summed E-state index contributed by atoms with van der Waals surface area (Å²) >= 11 is 5.43. The number of carbonyl (C=O) groups excluding carboxylic acids is 1. The Balaban J connectivity index is 2.04. The molecule has 2 N–H and O–H groups in total. The number of anilines is 1. The lowest BCUT2D eigenvalue weighted by molar-refractivity contribution is 0.0526. The zero-order valence-electron chi connectivity index (χ0n) is 17.3. The Labute approximate surface area is 177 Å². The fourth-order valence-electron chi connectivity index (χ4n) is 2.72. The van der Waals surface area contributed by atoms with Crippen LogP contribution in [0.5, 0.6) is 11.5 Å². The maximum atomic E-state index is 11.9. The van der Waals surface area contributed by atoms with Crippen molar-refractivity contribution in [3.05, 3.63) is 53.6 Å². The fraction of sp³-hybridized carbons (Fsp3) is 0.364. The Morgan fingerprint density at radius 3 is 2.41 bits per heavy atom. The van der Waals surface area contributed by atoms with Crippen LogP contribution in [0.25, 0.3) is 0 Å². The van der Waals surface area contributed by atoms with Crippen LogP contribution in [0.2, 0.25) is 0 Å². The molecule has 0 saturated heterocycles. The van der Waals surface area contributed by atoms with Crippen molar-refractivity contribution in [1.82, 2.24) is 5.32 Å². The van der Waals surface area contributed by atoms with Gasteiger partial charge in [0.1, 0.15) is 0 Å². The first-order chi connectivity index (χ1) is 14.0. The number of hydrogen-bond donors (Lipinski definition) is 2. The molecular weight excluding hydrogens is 388 g/mol. The SMILES string of the molecule is CCOC(=O)c1cccc(NC(=S)NC(C)c2ccc(OCC)c(OCC)c2)c1. The highest BCUT2D eigenvalue weighted by Gasteiger charge is 2.13. The van der Waals surface area contributed by atoms with E-state index in [0.29, 0.717) is 41.9 Å². The second-order valence-corrected chi connectivity index (χ2v) is 6.60. The van der Waals surface area contributed by atoms with E-state index in [-0.39, 0.29) is 12.0 Å². The Bertz CT molecular complexity index is 841. The van der Waals surface area contributed by atoms with Crippen LogP contribution >= 0.6 is 12.2 Å². The van der Waals surface area contributed by atoms with Crippen molar-refractivity contribution in [2.24, 2.45) is 0 Å². The number of esters is 1. The largest absolute Gasteiger partial charge is 0.490 e. The summed E-state index contributed by atoms with van der Waals surface area (Å²) in [5.41, 5.74) is 2.20. The van der Waals surface area contributed by atoms with Gasteiger partial charge in [-0.2, -0.15) is 0 Å². The molecular formula is C22H28N2O4S. The van der Waals surface area contributed by atoms with Crippen LogP contribution in [0, 0.1) is 0 Å². The van der Waals surface area contributed by atoms with Gasteiger partial charge in [0.25, 0.3) is 0 Å². The molecule has 1 atom stereocenters. The normalized spacial score (nSPS) is 11.3. The maximum Gasteiger partial charge on any atom is 0.338 e. The average molecular weight is 417 g/mol. The monoisotopic (exact) mass is 416 g/mol. The van der Waals surface area contributed by atoms with Gasteiger partial charge in [-0.05, 0) is 75.8 Å². The number of benzene rings is 2. The quantitative estimate of drug-likeness (QED) is 0.453. The Hall–Kier alpha value is -2.80. The van der Waals surface area contributed by atoms with Crippen LogP contribution in [0.1, 0.15) is 49.7 Å². The highest BCUT2D eigenvalue weighted by Crippen LogP contribution is 2.30. The van der Waals surface area contributed by atoms with Gasteiger partial charge in [0.2, 0.25) is 0 Å². The van der Waals surface area contributed by atoms with Crippen LogP contribution in [0.4, 0.5) is 5.69 Å². The molecule has 0 aliphatic heterocycles. The van der Waals surface area contributed by atoms with Gasteiger partial charge < -0.3 is 24.8 Å². The number of hydrogen-bond acceptors (Lipinski definition) is 5. The minimum Gasteiger partial charge on any atom is -0.490 e. The topological polar surface area (TPSA) is 68.8 Å². The van der Waals surface area contributed by atoms with E-state index in [9.17, 15) is 4.79 Å². The van der Waals surface area contributed by atoms with E-state index in [0.717, 1.165) is 11.3 Å². The number of thiocarbonyl (C=S) groups is 1. The van der Waals surface area contributed by atoms with Crippen LogP contribution in [-0.2, 0) is 4.74 Å². The van der Waals surface area contributed by atoms with E-state index in [2.05, 4.69) is 10.6 Å². The lowest BCUT2D eigenvalue weighted by Gasteiger charge is -2.19. The number of nitrogens with one attached hydrogen (secondary N) is 2. The minimum atomic E-state index is -0.360. The summed E-state index contributed by atoms with van der Waals surface area (Å²) < 4.78 is 16.3. The molecule has 0 fully saturated rings. The molecule has 0 heterocycles. The van der Waals surface area contributed by atoms with Crippen molar-refractivity contribution in [2.45, 2.75) is 33.7 Å². The summed E-state index contributed by atoms with van der Waals surface area (Å²) in [4.78, 5) is 11.9. The Morgan fingerprint density at radius 2 is 1.72 bits per heavy atom. The van der Waals surface area contributed by atoms with Gasteiger partial charge in [0.15, 0.2) is 16.6 Å². The average Bonchev–Trinajstić information content (AvgIpc) is 2.70. The van der Waals surface area contributed by atoms with Crippen molar-refractivity contribution in [3.8, 4) is 11.5 Å². The molecule has 1 unspecified atom stereocenters. The van der Waals surface area contributed by atoms with E-state index >= 15 is 0 Å². The standard InChI is InChI=1S/C22H28N2O4S/c1-5-26-19-12-11-16(14-20(19)27-6-2)15(4)23-22(29)24-18-10-8-9-17(13-18)21(25)28-7-3/h8-15H,5-7H2,1-4H3,(H2,23,24,29). The highest BCUT2D eigenvalue weighted by atomic mass is 32.1. The first kappa shape index (κ1) is 22.5. The summed E-state index contributed by atoms with van der Waals surface area (Å²) in [6.07, 6.45) is 0. The molecule has 6 nitrogen and oxygen atoms in total. The summed E-state index contributed by atoms with van der Waals surface area (Å²) in [6, 6.07) is 12.8. The molecule has 7 heteroatoms. The van der Waals surface area contributed by atoms with E-state index < -0.39 is 0 Å². The Kier molecular flexibility index (Phi) is 8.73. The first-order valence-corrected chi connectivity index (χ1v) is 10.1. The van der Waals surface area contributed by atoms with Crippen molar-refractivity contribution < 1.29 is 19.0 Å². The van der Waals surface area contributed by atoms with Crippen LogP contribution in [0.3, 0.4) is 0 Å². The van der Waals surface area contributed by atoms with Crippen molar-refractivity contribution in [2.75, 3.05) is 25.1 Å². The zero-order chi connectivity index (χ0) is 21.2. The lowest BCUT2D eigenvalue weighted by atomic mass is 10.1. The van der Waals surface area contributed by atoms with Crippen LogP contribution < -0.4 is 20.1 Å². The van der Waals surface area contributed by atoms with Gasteiger partial charge in [-0.15, -0.1) is 0 Å². The van der Waals surface area contributed by atoms with Gasteiger partial charge in [-0.25, -0.2) is 4.79 Å². The van der Waals surface area contributed by atoms with E-state index in [1.165, 1.54) is 0 Å². The number of carbonyl (C=O) groups is 1. The highest BCUT2D eigenvalue weighted by molar-refractivity contribution is 7.80.